The van der Waals surface area contributed by atoms with E-state index in [-0.39, 0.29) is 23.0 Å². The van der Waals surface area contributed by atoms with Crippen molar-refractivity contribution in [3.05, 3.63) is 72.8 Å². The zero-order chi connectivity index (χ0) is 15.9. The van der Waals surface area contributed by atoms with Gasteiger partial charge in [0.15, 0.2) is 0 Å². The molecular weight excluding hydrogens is 280 g/mol. The predicted molar refractivity (Wildman–Crippen MR) is 85.0 cm³/mol. The summed E-state index contributed by atoms with van der Waals surface area (Å²) in [6.45, 7) is 0. The molecule has 3 rings (SSSR count). The molecule has 0 radical (unpaired) electrons. The van der Waals surface area contributed by atoms with Crippen LogP contribution >= 0.6 is 0 Å². The maximum Gasteiger partial charge on any atom is 0.123 e. The predicted octanol–water partition coefficient (Wildman–Crippen LogP) is 3.86. The third-order valence-corrected chi connectivity index (χ3v) is 2.95. The van der Waals surface area contributed by atoms with Gasteiger partial charge >= 0.3 is 0 Å². The first kappa shape index (κ1) is 15.3. The molecule has 0 unspecified atom stereocenters. The zero-order valence-electron chi connectivity index (χ0n) is 11.7. The number of phenolic OH excluding ortho intramolecular Hbond substituents is 4. The quantitative estimate of drug-likeness (QED) is 0.514. The molecule has 0 amide bonds. The highest BCUT2D eigenvalue weighted by atomic mass is 16.3. The molecule has 3 aromatic carbocycles. The molecule has 0 spiro atoms. The Morgan fingerprint density at radius 2 is 0.727 bits per heavy atom. The number of rotatable bonds is 1. The SMILES string of the molecule is Oc1ccc(O)cc1.Oc1ccccc1-c1ccccc1O. The van der Waals surface area contributed by atoms with E-state index >= 15 is 0 Å². The lowest BCUT2D eigenvalue weighted by Crippen LogP contribution is -1.79. The van der Waals surface area contributed by atoms with Gasteiger partial charge in [0.05, 0.1) is 0 Å². The Morgan fingerprint density at radius 1 is 0.409 bits per heavy atom. The molecule has 3 aromatic rings. The lowest BCUT2D eigenvalue weighted by Gasteiger charge is -2.05. The maximum atomic E-state index is 9.58. The Kier molecular flexibility index (Phi) is 4.88. The van der Waals surface area contributed by atoms with Gasteiger partial charge in [-0.25, -0.2) is 0 Å². The summed E-state index contributed by atoms with van der Waals surface area (Å²) in [5, 5.41) is 36.4. The summed E-state index contributed by atoms with van der Waals surface area (Å²) < 4.78 is 0. The van der Waals surface area contributed by atoms with Gasteiger partial charge in [-0.3, -0.25) is 0 Å². The largest absolute Gasteiger partial charge is 0.508 e. The van der Waals surface area contributed by atoms with Crippen LogP contribution in [0.2, 0.25) is 0 Å². The van der Waals surface area contributed by atoms with Crippen LogP contribution in [-0.4, -0.2) is 20.4 Å². The van der Waals surface area contributed by atoms with Crippen molar-refractivity contribution < 1.29 is 20.4 Å². The van der Waals surface area contributed by atoms with Crippen molar-refractivity contribution in [1.82, 2.24) is 0 Å². The highest BCUT2D eigenvalue weighted by Gasteiger charge is 2.06. The first-order chi connectivity index (χ1) is 10.6. The minimum absolute atomic E-state index is 0.169. The molecule has 112 valence electrons. The van der Waals surface area contributed by atoms with Gasteiger partial charge in [-0.05, 0) is 36.4 Å². The van der Waals surface area contributed by atoms with E-state index in [0.717, 1.165) is 0 Å². The summed E-state index contributed by atoms with van der Waals surface area (Å²) >= 11 is 0. The minimum atomic E-state index is 0.169. The number of aromatic hydroxyl groups is 4. The fraction of sp³-hybridized carbons (Fsp3) is 0. The van der Waals surface area contributed by atoms with Crippen molar-refractivity contribution >= 4 is 0 Å². The zero-order valence-corrected chi connectivity index (χ0v) is 11.7. The van der Waals surface area contributed by atoms with Crippen LogP contribution in [0.15, 0.2) is 72.8 Å². The van der Waals surface area contributed by atoms with Gasteiger partial charge in [0.1, 0.15) is 23.0 Å². The molecule has 0 aliphatic rings. The van der Waals surface area contributed by atoms with Gasteiger partial charge < -0.3 is 20.4 Å². The van der Waals surface area contributed by atoms with Gasteiger partial charge in [0.2, 0.25) is 0 Å². The van der Waals surface area contributed by atoms with E-state index in [2.05, 4.69) is 0 Å². The molecule has 0 bridgehead atoms. The van der Waals surface area contributed by atoms with Gasteiger partial charge in [0, 0.05) is 11.1 Å². The number of hydrogen-bond donors (Lipinski definition) is 4. The molecule has 4 heteroatoms. The third-order valence-electron chi connectivity index (χ3n) is 2.95. The number of benzene rings is 3. The second kappa shape index (κ2) is 7.04. The van der Waals surface area contributed by atoms with E-state index in [4.69, 9.17) is 10.2 Å². The molecule has 4 nitrogen and oxygen atoms in total. The minimum Gasteiger partial charge on any atom is -0.508 e. The fourth-order valence-electron chi connectivity index (χ4n) is 1.86. The summed E-state index contributed by atoms with van der Waals surface area (Å²) in [4.78, 5) is 0. The van der Waals surface area contributed by atoms with Crippen LogP contribution in [0, 0.1) is 0 Å². The lowest BCUT2D eigenvalue weighted by molar-refractivity contribution is 0.460. The van der Waals surface area contributed by atoms with E-state index in [1.807, 2.05) is 12.1 Å². The average molecular weight is 296 g/mol. The van der Waals surface area contributed by atoms with Gasteiger partial charge in [-0.1, -0.05) is 36.4 Å². The van der Waals surface area contributed by atoms with Crippen LogP contribution in [0.25, 0.3) is 11.1 Å². The van der Waals surface area contributed by atoms with Gasteiger partial charge in [-0.15, -0.1) is 0 Å². The normalized spacial score (nSPS) is 9.64. The molecule has 0 atom stereocenters. The van der Waals surface area contributed by atoms with Crippen molar-refractivity contribution in [2.24, 2.45) is 0 Å². The molecule has 0 fully saturated rings. The molecule has 0 aromatic heterocycles. The Morgan fingerprint density at radius 3 is 1.05 bits per heavy atom. The summed E-state index contributed by atoms with van der Waals surface area (Å²) in [6.07, 6.45) is 0. The monoisotopic (exact) mass is 296 g/mol. The topological polar surface area (TPSA) is 80.9 Å². The Balaban J connectivity index is 0.000000188. The van der Waals surface area contributed by atoms with Crippen molar-refractivity contribution in [1.29, 1.82) is 0 Å². The van der Waals surface area contributed by atoms with Crippen LogP contribution in [-0.2, 0) is 0 Å². The molecule has 0 heterocycles. The number of phenols is 4. The summed E-state index contributed by atoms with van der Waals surface area (Å²) in [7, 11) is 0. The first-order valence-electron chi connectivity index (χ1n) is 6.62. The number of para-hydroxylation sites is 2. The molecular formula is C18H16O4. The summed E-state index contributed by atoms with van der Waals surface area (Å²) in [5.41, 5.74) is 1.29. The molecule has 0 aliphatic heterocycles. The third kappa shape index (κ3) is 3.93. The number of hydrogen-bond acceptors (Lipinski definition) is 4. The Bertz CT molecular complexity index is 672. The van der Waals surface area contributed by atoms with E-state index in [1.165, 1.54) is 24.3 Å². The van der Waals surface area contributed by atoms with Crippen molar-refractivity contribution in [3.8, 4) is 34.1 Å². The van der Waals surface area contributed by atoms with Crippen LogP contribution < -0.4 is 0 Å². The Hall–Kier alpha value is -3.14. The molecule has 0 saturated carbocycles. The summed E-state index contributed by atoms with van der Waals surface area (Å²) in [5.74, 6) is 0.689. The van der Waals surface area contributed by atoms with Crippen LogP contribution in [0.4, 0.5) is 0 Å². The maximum absolute atomic E-state index is 9.58. The molecule has 0 aliphatic carbocycles. The smallest absolute Gasteiger partial charge is 0.123 e. The highest BCUT2D eigenvalue weighted by Crippen LogP contribution is 2.34. The standard InChI is InChI=1S/C12H10O2.C6H6O2/c13-11-7-3-1-5-9(11)10-6-2-4-8-12(10)14;7-5-1-2-6(8)4-3-5/h1-8,13-14H;1-4,7-8H. The van der Waals surface area contributed by atoms with E-state index < -0.39 is 0 Å². The van der Waals surface area contributed by atoms with Crippen molar-refractivity contribution in [2.45, 2.75) is 0 Å². The fourth-order valence-corrected chi connectivity index (χ4v) is 1.86. The second-order valence-corrected chi connectivity index (χ2v) is 4.55. The Labute approximate surface area is 128 Å². The van der Waals surface area contributed by atoms with Crippen molar-refractivity contribution in [3.63, 3.8) is 0 Å². The van der Waals surface area contributed by atoms with Crippen LogP contribution in [0.3, 0.4) is 0 Å². The first-order valence-corrected chi connectivity index (χ1v) is 6.62. The molecule has 4 N–H and O–H groups in total. The van der Waals surface area contributed by atoms with Crippen LogP contribution in [0.5, 0.6) is 23.0 Å². The van der Waals surface area contributed by atoms with E-state index in [9.17, 15) is 10.2 Å². The van der Waals surface area contributed by atoms with E-state index in [0.29, 0.717) is 11.1 Å². The molecule has 0 saturated heterocycles. The summed E-state index contributed by atoms with van der Waals surface area (Å²) in [6, 6.07) is 19.6. The second-order valence-electron chi connectivity index (χ2n) is 4.55. The van der Waals surface area contributed by atoms with Gasteiger partial charge in [0.25, 0.3) is 0 Å². The van der Waals surface area contributed by atoms with E-state index in [1.54, 1.807) is 36.4 Å². The van der Waals surface area contributed by atoms with Crippen molar-refractivity contribution in [2.75, 3.05) is 0 Å². The average Bonchev–Trinajstić information content (AvgIpc) is 2.52. The lowest BCUT2D eigenvalue weighted by atomic mass is 10.0. The van der Waals surface area contributed by atoms with Gasteiger partial charge in [-0.2, -0.15) is 0 Å². The molecule has 22 heavy (non-hydrogen) atoms. The van der Waals surface area contributed by atoms with Crippen LogP contribution in [0.1, 0.15) is 0 Å². The highest BCUT2D eigenvalue weighted by molar-refractivity contribution is 5.74.